The maximum Gasteiger partial charge on any atom is 0.188 e. The molecule has 0 heterocycles. The second-order valence-electron chi connectivity index (χ2n) is 3.90. The van der Waals surface area contributed by atoms with Crippen LogP contribution < -0.4 is 0 Å². The molecular weight excluding hydrogens is 240 g/mol. The minimum Gasteiger partial charge on any atom is -0.376 e. The Morgan fingerprint density at radius 3 is 2.47 bits per heavy atom. The molecule has 0 unspecified atom stereocenters. The highest BCUT2D eigenvalue weighted by Crippen LogP contribution is 2.09. The minimum absolute atomic E-state index is 0.0498. The summed E-state index contributed by atoms with van der Waals surface area (Å²) in [6, 6.07) is 6.77. The molecule has 0 aliphatic carbocycles. The summed E-state index contributed by atoms with van der Waals surface area (Å²) in [6.45, 7) is 4.92. The molecule has 0 saturated carbocycles. The lowest BCUT2D eigenvalue weighted by molar-refractivity contribution is 0.0208. The van der Waals surface area contributed by atoms with Gasteiger partial charge >= 0.3 is 0 Å². The highest BCUT2D eigenvalue weighted by Gasteiger charge is 2.05. The highest BCUT2D eigenvalue weighted by atomic mass is 35.5. The van der Waals surface area contributed by atoms with Crippen LogP contribution in [0.25, 0.3) is 0 Å². The summed E-state index contributed by atoms with van der Waals surface area (Å²) in [5.41, 5.74) is 0.610. The fraction of sp³-hybridized carbons (Fsp3) is 0.462. The Bertz CT molecular complexity index is 346. The normalized spacial score (nSPS) is 10.8. The molecule has 0 N–H and O–H groups in total. The largest absolute Gasteiger partial charge is 0.376 e. The summed E-state index contributed by atoms with van der Waals surface area (Å²) >= 11 is 5.73. The SMILES string of the molecule is CC(C)OCCOCC(=O)c1ccc(Cl)cc1. The van der Waals surface area contributed by atoms with Gasteiger partial charge in [-0.25, -0.2) is 0 Å². The topological polar surface area (TPSA) is 35.5 Å². The maximum atomic E-state index is 11.6. The Kier molecular flexibility index (Phi) is 6.19. The van der Waals surface area contributed by atoms with Crippen LogP contribution in [0.3, 0.4) is 0 Å². The highest BCUT2D eigenvalue weighted by molar-refractivity contribution is 6.30. The van der Waals surface area contributed by atoms with Crippen molar-refractivity contribution in [3.63, 3.8) is 0 Å². The van der Waals surface area contributed by atoms with Crippen molar-refractivity contribution in [1.82, 2.24) is 0 Å². The Morgan fingerprint density at radius 1 is 1.24 bits per heavy atom. The zero-order valence-corrected chi connectivity index (χ0v) is 10.9. The van der Waals surface area contributed by atoms with Gasteiger partial charge in [0, 0.05) is 10.6 Å². The molecule has 17 heavy (non-hydrogen) atoms. The van der Waals surface area contributed by atoms with Crippen molar-refractivity contribution in [3.05, 3.63) is 34.9 Å². The number of ether oxygens (including phenoxy) is 2. The summed E-state index contributed by atoms with van der Waals surface area (Å²) in [5, 5.41) is 0.618. The number of hydrogen-bond donors (Lipinski definition) is 0. The molecule has 94 valence electrons. The fourth-order valence-electron chi connectivity index (χ4n) is 1.23. The lowest BCUT2D eigenvalue weighted by Crippen LogP contribution is -2.14. The zero-order valence-electron chi connectivity index (χ0n) is 10.1. The lowest BCUT2D eigenvalue weighted by atomic mass is 10.1. The van der Waals surface area contributed by atoms with Crippen molar-refractivity contribution in [1.29, 1.82) is 0 Å². The molecule has 0 fully saturated rings. The zero-order chi connectivity index (χ0) is 12.7. The van der Waals surface area contributed by atoms with Crippen LogP contribution in [0.2, 0.25) is 5.02 Å². The van der Waals surface area contributed by atoms with E-state index in [0.717, 1.165) is 0 Å². The van der Waals surface area contributed by atoms with E-state index < -0.39 is 0 Å². The first kappa shape index (κ1) is 14.2. The van der Waals surface area contributed by atoms with Gasteiger partial charge < -0.3 is 9.47 Å². The molecule has 0 aliphatic rings. The smallest absolute Gasteiger partial charge is 0.188 e. The molecule has 0 spiro atoms. The molecule has 0 aliphatic heterocycles. The maximum absolute atomic E-state index is 11.6. The van der Waals surface area contributed by atoms with Crippen molar-refractivity contribution in [2.24, 2.45) is 0 Å². The van der Waals surface area contributed by atoms with Gasteiger partial charge in [0.2, 0.25) is 0 Å². The first-order valence-electron chi connectivity index (χ1n) is 5.57. The summed E-state index contributed by atoms with van der Waals surface area (Å²) in [6.07, 6.45) is 0.186. The molecule has 1 aromatic rings. The van der Waals surface area contributed by atoms with E-state index in [9.17, 15) is 4.79 Å². The monoisotopic (exact) mass is 256 g/mol. The van der Waals surface area contributed by atoms with Crippen LogP contribution in [0.5, 0.6) is 0 Å². The summed E-state index contributed by atoms with van der Waals surface area (Å²) in [5.74, 6) is -0.0498. The van der Waals surface area contributed by atoms with E-state index in [1.807, 2.05) is 13.8 Å². The van der Waals surface area contributed by atoms with Crippen LogP contribution in [-0.4, -0.2) is 31.7 Å². The van der Waals surface area contributed by atoms with Gasteiger partial charge in [-0.2, -0.15) is 0 Å². The van der Waals surface area contributed by atoms with E-state index in [1.54, 1.807) is 24.3 Å². The van der Waals surface area contributed by atoms with Crippen LogP contribution in [-0.2, 0) is 9.47 Å². The molecule has 1 aromatic carbocycles. The number of ketones is 1. The Hall–Kier alpha value is -0.900. The number of carbonyl (C=O) groups is 1. The van der Waals surface area contributed by atoms with E-state index in [-0.39, 0.29) is 18.5 Å². The number of carbonyl (C=O) groups excluding carboxylic acids is 1. The van der Waals surface area contributed by atoms with Crippen molar-refractivity contribution in [2.75, 3.05) is 19.8 Å². The second kappa shape index (κ2) is 7.43. The third-order valence-electron chi connectivity index (χ3n) is 2.08. The van der Waals surface area contributed by atoms with Crippen molar-refractivity contribution in [2.45, 2.75) is 20.0 Å². The number of benzene rings is 1. The molecule has 0 radical (unpaired) electrons. The molecule has 1 rings (SSSR count). The number of halogens is 1. The van der Waals surface area contributed by atoms with Crippen LogP contribution in [0, 0.1) is 0 Å². The van der Waals surface area contributed by atoms with Gasteiger partial charge in [0.25, 0.3) is 0 Å². The van der Waals surface area contributed by atoms with Gasteiger partial charge in [-0.1, -0.05) is 11.6 Å². The predicted octanol–water partition coefficient (Wildman–Crippen LogP) is 2.96. The van der Waals surface area contributed by atoms with Gasteiger partial charge in [0.15, 0.2) is 5.78 Å². The molecule has 0 atom stereocenters. The third-order valence-corrected chi connectivity index (χ3v) is 2.33. The van der Waals surface area contributed by atoms with Crippen LogP contribution >= 0.6 is 11.6 Å². The molecule has 3 nitrogen and oxygen atoms in total. The number of rotatable bonds is 7. The first-order valence-corrected chi connectivity index (χ1v) is 5.95. The van der Waals surface area contributed by atoms with Crippen molar-refractivity contribution < 1.29 is 14.3 Å². The van der Waals surface area contributed by atoms with E-state index in [2.05, 4.69) is 0 Å². The van der Waals surface area contributed by atoms with Gasteiger partial charge in [-0.3, -0.25) is 4.79 Å². The quantitative estimate of drug-likeness (QED) is 0.556. The molecule has 0 amide bonds. The Morgan fingerprint density at radius 2 is 1.88 bits per heavy atom. The number of Topliss-reactive ketones (excluding diaryl/α,β-unsaturated/α-hetero) is 1. The second-order valence-corrected chi connectivity index (χ2v) is 4.34. The minimum atomic E-state index is -0.0498. The summed E-state index contributed by atoms with van der Waals surface area (Å²) in [4.78, 5) is 11.6. The van der Waals surface area contributed by atoms with Crippen molar-refractivity contribution in [3.8, 4) is 0 Å². The Balaban J connectivity index is 2.23. The molecule has 0 saturated heterocycles. The van der Waals surface area contributed by atoms with Gasteiger partial charge in [-0.15, -0.1) is 0 Å². The lowest BCUT2D eigenvalue weighted by Gasteiger charge is -2.07. The van der Waals surface area contributed by atoms with E-state index >= 15 is 0 Å². The average Bonchev–Trinajstić information content (AvgIpc) is 2.29. The fourth-order valence-corrected chi connectivity index (χ4v) is 1.35. The standard InChI is InChI=1S/C13H17ClO3/c1-10(2)17-8-7-16-9-13(15)11-3-5-12(14)6-4-11/h3-6,10H,7-9H2,1-2H3. The Labute approximate surface area is 107 Å². The van der Waals surface area contributed by atoms with E-state index in [0.29, 0.717) is 23.8 Å². The predicted molar refractivity (Wildman–Crippen MR) is 67.7 cm³/mol. The van der Waals surface area contributed by atoms with Gasteiger partial charge in [0.05, 0.1) is 19.3 Å². The summed E-state index contributed by atoms with van der Waals surface area (Å²) < 4.78 is 10.5. The molecule has 4 heteroatoms. The van der Waals surface area contributed by atoms with Crippen LogP contribution in [0.15, 0.2) is 24.3 Å². The van der Waals surface area contributed by atoms with Crippen LogP contribution in [0.1, 0.15) is 24.2 Å². The van der Waals surface area contributed by atoms with Gasteiger partial charge in [-0.05, 0) is 38.1 Å². The summed E-state index contributed by atoms with van der Waals surface area (Å²) in [7, 11) is 0. The first-order chi connectivity index (χ1) is 8.09. The average molecular weight is 257 g/mol. The van der Waals surface area contributed by atoms with Gasteiger partial charge in [0.1, 0.15) is 6.61 Å². The van der Waals surface area contributed by atoms with E-state index in [1.165, 1.54) is 0 Å². The van der Waals surface area contributed by atoms with Crippen molar-refractivity contribution >= 4 is 17.4 Å². The van der Waals surface area contributed by atoms with Crippen LogP contribution in [0.4, 0.5) is 0 Å². The number of hydrogen-bond acceptors (Lipinski definition) is 3. The molecule has 0 bridgehead atoms. The molecular formula is C13H17ClO3. The molecule has 0 aromatic heterocycles. The van der Waals surface area contributed by atoms with E-state index in [4.69, 9.17) is 21.1 Å². The third kappa shape index (κ3) is 5.82.